The number of anilines is 3. The largest absolute Gasteiger partial charge is 0.463 e. The number of hydrogen-bond donors (Lipinski definition) is 2. The van der Waals surface area contributed by atoms with Crippen LogP contribution in [-0.4, -0.2) is 46.0 Å². The minimum absolute atomic E-state index is 0.0226. The van der Waals surface area contributed by atoms with Crippen molar-refractivity contribution in [3.63, 3.8) is 0 Å². The molecule has 32 heavy (non-hydrogen) atoms. The lowest BCUT2D eigenvalue weighted by Gasteiger charge is -2.37. The summed E-state index contributed by atoms with van der Waals surface area (Å²) in [4.78, 5) is 26.5. The fourth-order valence-corrected chi connectivity index (χ4v) is 4.66. The number of benzene rings is 1. The summed E-state index contributed by atoms with van der Waals surface area (Å²) in [6.07, 6.45) is 6.16. The van der Waals surface area contributed by atoms with Crippen LogP contribution in [0.25, 0.3) is 0 Å². The van der Waals surface area contributed by atoms with Crippen molar-refractivity contribution in [2.45, 2.75) is 64.1 Å². The Morgan fingerprint density at radius 3 is 2.44 bits per heavy atom. The van der Waals surface area contributed by atoms with Crippen molar-refractivity contribution >= 4 is 23.2 Å². The molecule has 0 radical (unpaired) electrons. The Morgan fingerprint density at radius 1 is 1.09 bits per heavy atom. The van der Waals surface area contributed by atoms with E-state index in [1.54, 1.807) is 0 Å². The van der Waals surface area contributed by atoms with Crippen molar-refractivity contribution in [3.8, 4) is 6.01 Å². The van der Waals surface area contributed by atoms with Crippen LogP contribution in [0.1, 0.15) is 56.6 Å². The van der Waals surface area contributed by atoms with E-state index in [9.17, 15) is 4.79 Å². The van der Waals surface area contributed by atoms with Gasteiger partial charge >= 0.3 is 6.01 Å². The number of likely N-dealkylation sites (tertiary alicyclic amines) is 1. The Balaban J connectivity index is 1.39. The third kappa shape index (κ3) is 3.99. The van der Waals surface area contributed by atoms with Crippen LogP contribution in [0.2, 0.25) is 0 Å². The van der Waals surface area contributed by atoms with E-state index in [1.807, 2.05) is 0 Å². The number of nitrogens with two attached hydrogens (primary N) is 1. The first kappa shape index (κ1) is 21.0. The molecule has 2 aliphatic heterocycles. The molecule has 1 aromatic heterocycles. The number of amides is 1. The molecule has 3 heterocycles. The molecule has 3 aliphatic rings. The van der Waals surface area contributed by atoms with Gasteiger partial charge in [0.15, 0.2) is 11.6 Å². The number of fused-ring (bicyclic) bond motifs is 1. The second-order valence-electron chi connectivity index (χ2n) is 9.16. The van der Waals surface area contributed by atoms with E-state index >= 15 is 0 Å². The van der Waals surface area contributed by atoms with Crippen LogP contribution in [0.5, 0.6) is 6.01 Å². The van der Waals surface area contributed by atoms with Crippen LogP contribution < -0.4 is 20.7 Å². The Hall–Kier alpha value is -2.87. The van der Waals surface area contributed by atoms with Gasteiger partial charge in [-0.05, 0) is 56.3 Å². The molecule has 0 bridgehead atoms. The summed E-state index contributed by atoms with van der Waals surface area (Å²) in [6, 6.07) is 9.00. The van der Waals surface area contributed by atoms with Crippen molar-refractivity contribution in [3.05, 3.63) is 35.4 Å². The van der Waals surface area contributed by atoms with E-state index in [-0.39, 0.29) is 17.7 Å². The second kappa shape index (κ2) is 8.58. The van der Waals surface area contributed by atoms with Crippen LogP contribution in [0.15, 0.2) is 24.3 Å². The lowest BCUT2D eigenvalue weighted by atomic mass is 10.1. The zero-order chi connectivity index (χ0) is 22.1. The van der Waals surface area contributed by atoms with Crippen LogP contribution in [0.3, 0.4) is 0 Å². The van der Waals surface area contributed by atoms with Gasteiger partial charge < -0.3 is 20.7 Å². The first-order valence-electron chi connectivity index (χ1n) is 11.8. The molecule has 1 saturated heterocycles. The Labute approximate surface area is 189 Å². The van der Waals surface area contributed by atoms with E-state index in [0.717, 1.165) is 37.8 Å². The second-order valence-corrected chi connectivity index (χ2v) is 9.16. The van der Waals surface area contributed by atoms with Crippen LogP contribution in [0, 0.1) is 0 Å². The summed E-state index contributed by atoms with van der Waals surface area (Å²) in [7, 11) is 0. The van der Waals surface area contributed by atoms with Crippen molar-refractivity contribution in [1.82, 2.24) is 14.9 Å². The average Bonchev–Trinajstić information content (AvgIpc) is 3.42. The van der Waals surface area contributed by atoms with Gasteiger partial charge in [-0.3, -0.25) is 9.69 Å². The third-order valence-electron chi connectivity index (χ3n) is 6.75. The number of ether oxygens (including phenoxy) is 1. The highest BCUT2D eigenvalue weighted by Crippen LogP contribution is 2.51. The summed E-state index contributed by atoms with van der Waals surface area (Å²) < 4.78 is 5.74. The summed E-state index contributed by atoms with van der Waals surface area (Å²) in [6.45, 7) is 6.62. The average molecular weight is 437 g/mol. The molecule has 2 fully saturated rings. The first-order valence-corrected chi connectivity index (χ1v) is 11.8. The normalized spacial score (nSPS) is 19.2. The highest BCUT2D eigenvalue weighted by atomic mass is 16.5. The van der Waals surface area contributed by atoms with Crippen molar-refractivity contribution in [2.75, 3.05) is 35.6 Å². The fourth-order valence-electron chi connectivity index (χ4n) is 4.66. The number of nitrogens with zero attached hydrogens (tertiary/aromatic N) is 4. The predicted octanol–water partition coefficient (Wildman–Crippen LogP) is 3.32. The summed E-state index contributed by atoms with van der Waals surface area (Å²) in [5.41, 5.74) is 8.60. The van der Waals surface area contributed by atoms with E-state index in [2.05, 4.69) is 56.3 Å². The number of unbranched alkanes of at least 4 members (excludes halogenated alkanes) is 1. The van der Waals surface area contributed by atoms with E-state index in [0.29, 0.717) is 24.7 Å². The number of aromatic nitrogens is 2. The maximum absolute atomic E-state index is 12.9. The topological polar surface area (TPSA) is 96.6 Å². The molecule has 0 atom stereocenters. The van der Waals surface area contributed by atoms with Gasteiger partial charge in [0.2, 0.25) is 0 Å². The molecule has 0 unspecified atom stereocenters. The summed E-state index contributed by atoms with van der Waals surface area (Å²) in [5, 5.41) is 2.95. The number of carbonyl (C=O) groups is 1. The van der Waals surface area contributed by atoms with Crippen LogP contribution in [0.4, 0.5) is 17.3 Å². The molecular weight excluding hydrogens is 404 g/mol. The molecule has 1 aromatic carbocycles. The minimum atomic E-state index is -0.553. The predicted molar refractivity (Wildman–Crippen MR) is 125 cm³/mol. The molecule has 5 rings (SSSR count). The van der Waals surface area contributed by atoms with Gasteiger partial charge in [0.05, 0.1) is 6.61 Å². The summed E-state index contributed by atoms with van der Waals surface area (Å²) in [5.74, 6) is 0.879. The Bertz CT molecular complexity index is 983. The molecule has 3 N–H and O–H groups in total. The number of rotatable bonds is 8. The SMILES string of the molecule is CCCCOc1nc(N)c2c(n1)N(Cc1ccc(CN3CCCC3)cc1)C1(CC1)C(=O)N2. The van der Waals surface area contributed by atoms with Gasteiger partial charge in [-0.15, -0.1) is 0 Å². The highest BCUT2D eigenvalue weighted by molar-refractivity contribution is 6.09. The van der Waals surface area contributed by atoms with Gasteiger partial charge in [-0.1, -0.05) is 37.6 Å². The summed E-state index contributed by atoms with van der Waals surface area (Å²) >= 11 is 0. The molecule has 8 heteroatoms. The molecule has 1 aliphatic carbocycles. The third-order valence-corrected chi connectivity index (χ3v) is 6.75. The number of nitrogens with one attached hydrogen (secondary N) is 1. The maximum atomic E-state index is 12.9. The van der Waals surface area contributed by atoms with Gasteiger partial charge in [0.1, 0.15) is 11.2 Å². The molecule has 8 nitrogen and oxygen atoms in total. The Morgan fingerprint density at radius 2 is 1.78 bits per heavy atom. The lowest BCUT2D eigenvalue weighted by molar-refractivity contribution is -0.118. The highest BCUT2D eigenvalue weighted by Gasteiger charge is 2.58. The van der Waals surface area contributed by atoms with Crippen molar-refractivity contribution in [1.29, 1.82) is 0 Å². The Kier molecular flexibility index (Phi) is 5.63. The minimum Gasteiger partial charge on any atom is -0.463 e. The molecular formula is C24H32N6O2. The zero-order valence-corrected chi connectivity index (χ0v) is 18.8. The lowest BCUT2D eigenvalue weighted by Crippen LogP contribution is -2.50. The quantitative estimate of drug-likeness (QED) is 0.613. The van der Waals surface area contributed by atoms with Crippen LogP contribution >= 0.6 is 0 Å². The van der Waals surface area contributed by atoms with Gasteiger partial charge in [0, 0.05) is 13.1 Å². The van der Waals surface area contributed by atoms with E-state index in [4.69, 9.17) is 10.5 Å². The molecule has 1 saturated carbocycles. The number of carbonyl (C=O) groups excluding carboxylic acids is 1. The van der Waals surface area contributed by atoms with E-state index in [1.165, 1.54) is 31.5 Å². The van der Waals surface area contributed by atoms with Gasteiger partial charge in [-0.2, -0.15) is 9.97 Å². The van der Waals surface area contributed by atoms with Crippen molar-refractivity contribution in [2.24, 2.45) is 0 Å². The van der Waals surface area contributed by atoms with Gasteiger partial charge in [0.25, 0.3) is 5.91 Å². The van der Waals surface area contributed by atoms with Crippen molar-refractivity contribution < 1.29 is 9.53 Å². The fraction of sp³-hybridized carbons (Fsp3) is 0.542. The van der Waals surface area contributed by atoms with Crippen LogP contribution in [-0.2, 0) is 17.9 Å². The molecule has 170 valence electrons. The number of nitrogen functional groups attached to an aromatic ring is 1. The van der Waals surface area contributed by atoms with E-state index < -0.39 is 5.54 Å². The molecule has 2 aromatic rings. The molecule has 1 amide bonds. The van der Waals surface area contributed by atoms with Gasteiger partial charge in [-0.25, -0.2) is 0 Å². The molecule has 1 spiro atoms. The maximum Gasteiger partial charge on any atom is 0.320 e. The smallest absolute Gasteiger partial charge is 0.320 e. The number of hydrogen-bond acceptors (Lipinski definition) is 7. The monoisotopic (exact) mass is 436 g/mol. The zero-order valence-electron chi connectivity index (χ0n) is 18.8. The standard InChI is InChI=1S/C24H32N6O2/c1-2-3-14-32-23-27-20(25)19-21(28-23)30(24(10-11-24)22(31)26-19)16-18-8-6-17(7-9-18)15-29-12-4-5-13-29/h6-9H,2-5,10-16H2,1H3,(H,26,31)(H2,25,27,28). The first-order chi connectivity index (χ1) is 15.6.